The molecule has 7 nitrogen and oxygen atoms in total. The minimum Gasteiger partial charge on any atom is -0.451 e. The topological polar surface area (TPSA) is 103 Å². The van der Waals surface area contributed by atoms with Gasteiger partial charge in [-0.05, 0) is 18.9 Å². The van der Waals surface area contributed by atoms with E-state index in [0.29, 0.717) is 23.1 Å². The summed E-state index contributed by atoms with van der Waals surface area (Å²) in [6, 6.07) is 1.63. The molecule has 7 heteroatoms. The number of hydrogen-bond donors (Lipinski definition) is 2. The first-order valence-corrected chi connectivity index (χ1v) is 7.11. The largest absolute Gasteiger partial charge is 0.451 e. The van der Waals surface area contributed by atoms with E-state index in [4.69, 9.17) is 10.5 Å². The Hall–Kier alpha value is -2.96. The molecule has 0 unspecified atom stereocenters. The summed E-state index contributed by atoms with van der Waals surface area (Å²) in [5.41, 5.74) is 6.74. The summed E-state index contributed by atoms with van der Waals surface area (Å²) >= 11 is 0. The molecule has 23 heavy (non-hydrogen) atoms. The fourth-order valence-corrected chi connectivity index (χ4v) is 1.89. The zero-order chi connectivity index (χ0) is 17.0. The number of aromatic nitrogens is 3. The normalized spacial score (nSPS) is 10.4. The van der Waals surface area contributed by atoms with Crippen molar-refractivity contribution in [3.8, 4) is 11.5 Å². The van der Waals surface area contributed by atoms with Crippen molar-refractivity contribution in [2.75, 3.05) is 11.1 Å². The van der Waals surface area contributed by atoms with Gasteiger partial charge in [0, 0.05) is 17.8 Å². The van der Waals surface area contributed by atoms with E-state index in [1.807, 2.05) is 13.8 Å². The van der Waals surface area contributed by atoms with Crippen LogP contribution < -0.4 is 15.8 Å². The van der Waals surface area contributed by atoms with Crippen LogP contribution in [0.5, 0.6) is 11.5 Å². The molecular formula is C16H19N5O2. The van der Waals surface area contributed by atoms with Gasteiger partial charge in [0.15, 0.2) is 11.6 Å². The number of nitrogens with two attached hydrogens (primary N) is 1. The summed E-state index contributed by atoms with van der Waals surface area (Å²) in [5.74, 6) is 1.89. The van der Waals surface area contributed by atoms with Crippen molar-refractivity contribution < 1.29 is 9.53 Å². The predicted octanol–water partition coefficient (Wildman–Crippen LogP) is 2.80. The molecule has 0 aliphatic carbocycles. The average molecular weight is 313 g/mol. The maximum absolute atomic E-state index is 11.4. The number of hydrogen-bond acceptors (Lipinski definition) is 6. The smallest absolute Gasteiger partial charge is 0.248 e. The second kappa shape index (κ2) is 6.87. The SMILES string of the molecule is C=CC(=O)Nc1cc(Oc2cnc(C)nc2N)c(C(C)C)cn1. The number of nitrogen functional groups attached to an aromatic ring is 1. The number of anilines is 2. The van der Waals surface area contributed by atoms with Crippen LogP contribution in [0.1, 0.15) is 31.2 Å². The molecule has 0 atom stereocenters. The number of carbonyl (C=O) groups is 1. The minimum atomic E-state index is -0.348. The Bertz CT molecular complexity index is 743. The zero-order valence-electron chi connectivity index (χ0n) is 13.3. The van der Waals surface area contributed by atoms with Crippen LogP contribution in [0.4, 0.5) is 11.6 Å². The number of pyridine rings is 1. The van der Waals surface area contributed by atoms with Crippen LogP contribution in [0, 0.1) is 6.92 Å². The van der Waals surface area contributed by atoms with E-state index in [0.717, 1.165) is 5.56 Å². The van der Waals surface area contributed by atoms with Gasteiger partial charge in [0.1, 0.15) is 17.4 Å². The molecular weight excluding hydrogens is 294 g/mol. The molecule has 2 rings (SSSR count). The fourth-order valence-electron chi connectivity index (χ4n) is 1.89. The molecule has 0 fully saturated rings. The molecule has 0 bridgehead atoms. The lowest BCUT2D eigenvalue weighted by Gasteiger charge is -2.15. The van der Waals surface area contributed by atoms with E-state index in [2.05, 4.69) is 26.8 Å². The second-order valence-corrected chi connectivity index (χ2v) is 5.22. The van der Waals surface area contributed by atoms with Gasteiger partial charge in [-0.3, -0.25) is 4.79 Å². The lowest BCUT2D eigenvalue weighted by Crippen LogP contribution is -2.09. The number of nitrogens with one attached hydrogen (secondary N) is 1. The highest BCUT2D eigenvalue weighted by Gasteiger charge is 2.14. The van der Waals surface area contributed by atoms with Crippen LogP contribution in [-0.4, -0.2) is 20.9 Å². The maximum atomic E-state index is 11.4. The van der Waals surface area contributed by atoms with E-state index >= 15 is 0 Å². The van der Waals surface area contributed by atoms with Crippen molar-refractivity contribution in [2.24, 2.45) is 0 Å². The van der Waals surface area contributed by atoms with Gasteiger partial charge in [-0.15, -0.1) is 0 Å². The van der Waals surface area contributed by atoms with Crippen LogP contribution in [0.3, 0.4) is 0 Å². The molecule has 3 N–H and O–H groups in total. The monoisotopic (exact) mass is 313 g/mol. The van der Waals surface area contributed by atoms with Gasteiger partial charge in [-0.1, -0.05) is 20.4 Å². The van der Waals surface area contributed by atoms with E-state index in [1.165, 1.54) is 12.3 Å². The third-order valence-electron chi connectivity index (χ3n) is 3.08. The van der Waals surface area contributed by atoms with Crippen molar-refractivity contribution in [3.05, 3.63) is 42.5 Å². The first-order chi connectivity index (χ1) is 10.9. The number of rotatable bonds is 5. The first kappa shape index (κ1) is 16.4. The Balaban J connectivity index is 2.38. The Morgan fingerprint density at radius 2 is 2.09 bits per heavy atom. The number of carbonyl (C=O) groups excluding carboxylic acids is 1. The predicted molar refractivity (Wildman–Crippen MR) is 88.4 cm³/mol. The molecule has 1 amide bonds. The van der Waals surface area contributed by atoms with E-state index in [-0.39, 0.29) is 17.6 Å². The van der Waals surface area contributed by atoms with E-state index < -0.39 is 0 Å². The lowest BCUT2D eigenvalue weighted by molar-refractivity contribution is -0.111. The molecule has 0 saturated carbocycles. The van der Waals surface area contributed by atoms with Crippen LogP contribution in [0.2, 0.25) is 0 Å². The highest BCUT2D eigenvalue weighted by Crippen LogP contribution is 2.33. The van der Waals surface area contributed by atoms with Gasteiger partial charge >= 0.3 is 0 Å². The average Bonchev–Trinajstić information content (AvgIpc) is 2.50. The van der Waals surface area contributed by atoms with Gasteiger partial charge < -0.3 is 15.8 Å². The molecule has 0 aromatic carbocycles. The Labute approximate surface area is 134 Å². The Morgan fingerprint density at radius 1 is 1.35 bits per heavy atom. The molecule has 0 radical (unpaired) electrons. The minimum absolute atomic E-state index is 0.175. The van der Waals surface area contributed by atoms with Crippen molar-refractivity contribution in [1.29, 1.82) is 0 Å². The summed E-state index contributed by atoms with van der Waals surface area (Å²) in [4.78, 5) is 23.8. The zero-order valence-corrected chi connectivity index (χ0v) is 13.3. The summed E-state index contributed by atoms with van der Waals surface area (Å²) < 4.78 is 5.85. The third-order valence-corrected chi connectivity index (χ3v) is 3.08. The third kappa shape index (κ3) is 4.03. The molecule has 0 saturated heterocycles. The van der Waals surface area contributed by atoms with Crippen molar-refractivity contribution in [1.82, 2.24) is 15.0 Å². The van der Waals surface area contributed by atoms with Crippen molar-refractivity contribution >= 4 is 17.5 Å². The van der Waals surface area contributed by atoms with Crippen LogP contribution in [0.25, 0.3) is 0 Å². The van der Waals surface area contributed by atoms with Crippen LogP contribution >= 0.6 is 0 Å². The summed E-state index contributed by atoms with van der Waals surface area (Å²) in [5, 5.41) is 2.60. The Morgan fingerprint density at radius 3 is 2.70 bits per heavy atom. The second-order valence-electron chi connectivity index (χ2n) is 5.22. The van der Waals surface area contributed by atoms with E-state index in [9.17, 15) is 4.79 Å². The van der Waals surface area contributed by atoms with E-state index in [1.54, 1.807) is 19.2 Å². The maximum Gasteiger partial charge on any atom is 0.248 e. The molecule has 120 valence electrons. The van der Waals surface area contributed by atoms with Crippen molar-refractivity contribution in [3.63, 3.8) is 0 Å². The van der Waals surface area contributed by atoms with Gasteiger partial charge in [-0.2, -0.15) is 0 Å². The van der Waals surface area contributed by atoms with Crippen LogP contribution in [0.15, 0.2) is 31.1 Å². The molecule has 2 aromatic rings. The lowest BCUT2D eigenvalue weighted by atomic mass is 10.0. The number of ether oxygens (including phenoxy) is 1. The summed E-state index contributed by atoms with van der Waals surface area (Å²) in [7, 11) is 0. The molecule has 2 heterocycles. The quantitative estimate of drug-likeness (QED) is 0.823. The first-order valence-electron chi connectivity index (χ1n) is 7.11. The van der Waals surface area contributed by atoms with Gasteiger partial charge in [-0.25, -0.2) is 15.0 Å². The number of nitrogens with zero attached hydrogens (tertiary/aromatic N) is 3. The van der Waals surface area contributed by atoms with Crippen molar-refractivity contribution in [2.45, 2.75) is 26.7 Å². The number of amides is 1. The summed E-state index contributed by atoms with van der Waals surface area (Å²) in [6.07, 6.45) is 4.35. The molecule has 0 spiro atoms. The highest BCUT2D eigenvalue weighted by molar-refractivity contribution is 5.98. The highest BCUT2D eigenvalue weighted by atomic mass is 16.5. The Kier molecular flexibility index (Phi) is 4.90. The van der Waals surface area contributed by atoms with Gasteiger partial charge in [0.25, 0.3) is 0 Å². The van der Waals surface area contributed by atoms with Crippen LogP contribution in [-0.2, 0) is 4.79 Å². The molecule has 0 aliphatic rings. The number of aryl methyl sites for hydroxylation is 1. The molecule has 0 aliphatic heterocycles. The molecule has 2 aromatic heterocycles. The van der Waals surface area contributed by atoms with Gasteiger partial charge in [0.05, 0.1) is 6.20 Å². The van der Waals surface area contributed by atoms with Gasteiger partial charge in [0.2, 0.25) is 5.91 Å². The summed E-state index contributed by atoms with van der Waals surface area (Å²) in [6.45, 7) is 9.18. The standard InChI is InChI=1S/C16H19N5O2/c1-5-15(22)21-14-6-12(11(7-19-14)9(2)3)23-13-8-18-10(4)20-16(13)17/h5-9H,1H2,2-4H3,(H2,17,18,20)(H,19,21,22). The fraction of sp³-hybridized carbons (Fsp3) is 0.250.